The molecule has 0 amide bonds. The van der Waals surface area contributed by atoms with Crippen molar-refractivity contribution in [2.45, 2.75) is 11.3 Å². The summed E-state index contributed by atoms with van der Waals surface area (Å²) in [6.07, 6.45) is 0. The van der Waals surface area contributed by atoms with Crippen LogP contribution in [0, 0.1) is 0 Å². The molecule has 0 spiro atoms. The van der Waals surface area contributed by atoms with E-state index in [1.807, 2.05) is 0 Å². The van der Waals surface area contributed by atoms with Crippen molar-refractivity contribution >= 4 is 37.2 Å². The largest absolute Gasteiger partial charge is 0.357 e. The highest BCUT2D eigenvalue weighted by Gasteiger charge is 2.48. The van der Waals surface area contributed by atoms with Gasteiger partial charge in [-0.2, -0.15) is 0 Å². The minimum atomic E-state index is -3.61. The highest BCUT2D eigenvalue weighted by Crippen LogP contribution is 2.21. The van der Waals surface area contributed by atoms with Gasteiger partial charge < -0.3 is 5.32 Å². The summed E-state index contributed by atoms with van der Waals surface area (Å²) in [6.45, 7) is 0. The van der Waals surface area contributed by atoms with Crippen LogP contribution < -0.4 is 10.0 Å². The maximum atomic E-state index is 11.5. The first kappa shape index (κ1) is 10.1. The van der Waals surface area contributed by atoms with Gasteiger partial charge in [0.25, 0.3) is 0 Å². The number of hydrogen-bond donors (Lipinski definition) is 2. The molecule has 0 aromatic carbocycles. The fraction of sp³-hybridized carbons (Fsp3) is 0.800. The smallest absolute Gasteiger partial charge is 0.240 e. The lowest BCUT2D eigenvalue weighted by atomic mass is 10.2. The predicted octanol–water partition coefficient (Wildman–Crippen LogP) is -2.04. The third-order valence-corrected chi connectivity index (χ3v) is 6.33. The molecule has 0 aromatic heterocycles. The molecule has 2 N–H and O–H groups in total. The Kier molecular flexibility index (Phi) is 2.02. The summed E-state index contributed by atoms with van der Waals surface area (Å²) in [5, 5.41) is 1.71. The summed E-state index contributed by atoms with van der Waals surface area (Å²) in [7, 11) is -6.88. The molecule has 80 valence electrons. The molecule has 2 aliphatic heterocycles. The molecule has 0 aliphatic carbocycles. The Balaban J connectivity index is 2.43. The zero-order valence-electron chi connectivity index (χ0n) is 6.93. The van der Waals surface area contributed by atoms with E-state index in [0.29, 0.717) is 0 Å². The summed E-state index contributed by atoms with van der Waals surface area (Å²) in [6, 6.07) is -0.598. The first-order valence-corrected chi connectivity index (χ1v) is 7.60. The van der Waals surface area contributed by atoms with Crippen LogP contribution in [0.25, 0.3) is 0 Å². The second-order valence-electron chi connectivity index (χ2n) is 3.34. The van der Waals surface area contributed by atoms with Crippen molar-refractivity contribution in [3.8, 4) is 0 Å². The monoisotopic (exact) mass is 256 g/mol. The van der Waals surface area contributed by atoms with E-state index >= 15 is 0 Å². The van der Waals surface area contributed by atoms with Crippen LogP contribution >= 0.6 is 12.2 Å². The van der Waals surface area contributed by atoms with Crippen molar-refractivity contribution in [3.63, 3.8) is 0 Å². The van der Waals surface area contributed by atoms with Gasteiger partial charge in [0.05, 0.1) is 17.5 Å². The van der Waals surface area contributed by atoms with E-state index in [2.05, 4.69) is 22.3 Å². The van der Waals surface area contributed by atoms with Gasteiger partial charge in [0.15, 0.2) is 14.9 Å². The van der Waals surface area contributed by atoms with E-state index in [9.17, 15) is 16.8 Å². The minimum absolute atomic E-state index is 0.0247. The van der Waals surface area contributed by atoms with Crippen LogP contribution in [0.15, 0.2) is 0 Å². The second-order valence-corrected chi connectivity index (χ2v) is 7.80. The maximum absolute atomic E-state index is 11.5. The molecule has 14 heavy (non-hydrogen) atoms. The summed E-state index contributed by atoms with van der Waals surface area (Å²) in [4.78, 5) is 0. The molecule has 2 atom stereocenters. The summed E-state index contributed by atoms with van der Waals surface area (Å²) >= 11 is 4.66. The molecule has 0 aromatic rings. The molecular formula is C5H8N2O4S3. The number of nitrogens with one attached hydrogen (secondary N) is 2. The molecule has 6 nitrogen and oxygen atoms in total. The standard InChI is InChI=1S/C5H8N2O4S3/c8-13(9)1-3-4(2-13)14(10,11)7-5(12)6-3/h3-4H,1-2H2,(H2,6,7,12)/t3-,4-/m0/s1. The Morgan fingerprint density at radius 2 is 1.86 bits per heavy atom. The van der Waals surface area contributed by atoms with E-state index in [0.717, 1.165) is 0 Å². The highest BCUT2D eigenvalue weighted by atomic mass is 32.2. The zero-order valence-corrected chi connectivity index (χ0v) is 9.38. The fourth-order valence-corrected chi connectivity index (χ4v) is 6.42. The number of fused-ring (bicyclic) bond motifs is 1. The van der Waals surface area contributed by atoms with Gasteiger partial charge in [0.2, 0.25) is 10.0 Å². The average Bonchev–Trinajstić information content (AvgIpc) is 2.22. The Morgan fingerprint density at radius 1 is 1.21 bits per heavy atom. The first-order chi connectivity index (χ1) is 6.30. The zero-order chi connectivity index (χ0) is 10.6. The average molecular weight is 256 g/mol. The molecule has 0 radical (unpaired) electrons. The van der Waals surface area contributed by atoms with Crippen LogP contribution in [-0.4, -0.2) is 44.7 Å². The van der Waals surface area contributed by atoms with Crippen LogP contribution in [0.4, 0.5) is 0 Å². The molecule has 9 heteroatoms. The van der Waals surface area contributed by atoms with E-state index in [4.69, 9.17) is 0 Å². The Bertz CT molecular complexity index is 479. The van der Waals surface area contributed by atoms with Gasteiger partial charge in [-0.15, -0.1) is 0 Å². The van der Waals surface area contributed by atoms with Crippen LogP contribution in [0.5, 0.6) is 0 Å². The Hall–Kier alpha value is -0.410. The summed E-state index contributed by atoms with van der Waals surface area (Å²) < 4.78 is 47.4. The van der Waals surface area contributed by atoms with E-state index in [1.54, 1.807) is 0 Å². The second kappa shape index (κ2) is 2.80. The van der Waals surface area contributed by atoms with Crippen LogP contribution in [-0.2, 0) is 19.9 Å². The lowest BCUT2D eigenvalue weighted by Crippen LogP contribution is -2.59. The molecule has 2 aliphatic rings. The lowest BCUT2D eigenvalue weighted by Gasteiger charge is -2.27. The SMILES string of the molecule is O=S1(=O)C[C@@H]2NC(=S)NS(=O)(=O)[C@H]2C1. The molecule has 2 saturated heterocycles. The Labute approximate surface area is 87.0 Å². The molecule has 0 bridgehead atoms. The lowest BCUT2D eigenvalue weighted by molar-refractivity contribution is 0.549. The van der Waals surface area contributed by atoms with Gasteiger partial charge in [-0.05, 0) is 12.2 Å². The predicted molar refractivity (Wildman–Crippen MR) is 54.0 cm³/mol. The van der Waals surface area contributed by atoms with Crippen molar-refractivity contribution in [1.29, 1.82) is 0 Å². The minimum Gasteiger partial charge on any atom is -0.357 e. The van der Waals surface area contributed by atoms with Crippen LogP contribution in [0.3, 0.4) is 0 Å². The van der Waals surface area contributed by atoms with Gasteiger partial charge >= 0.3 is 0 Å². The van der Waals surface area contributed by atoms with Gasteiger partial charge in [0.1, 0.15) is 5.25 Å². The van der Waals surface area contributed by atoms with Crippen LogP contribution in [0.1, 0.15) is 0 Å². The number of hydrogen-bond acceptors (Lipinski definition) is 5. The van der Waals surface area contributed by atoms with Crippen molar-refractivity contribution in [1.82, 2.24) is 10.0 Å². The third-order valence-electron chi connectivity index (χ3n) is 2.25. The molecule has 0 unspecified atom stereocenters. The van der Waals surface area contributed by atoms with Gasteiger partial charge in [-0.1, -0.05) is 0 Å². The molecule has 2 rings (SSSR count). The van der Waals surface area contributed by atoms with E-state index in [1.165, 1.54) is 0 Å². The number of thiocarbonyl (C=S) groups is 1. The van der Waals surface area contributed by atoms with Gasteiger partial charge in [0, 0.05) is 0 Å². The highest BCUT2D eigenvalue weighted by molar-refractivity contribution is 7.96. The van der Waals surface area contributed by atoms with Gasteiger partial charge in [-0.3, -0.25) is 4.72 Å². The van der Waals surface area contributed by atoms with Crippen molar-refractivity contribution < 1.29 is 16.8 Å². The number of sulfone groups is 1. The number of rotatable bonds is 0. The molecule has 0 saturated carbocycles. The topological polar surface area (TPSA) is 92.3 Å². The fourth-order valence-electron chi connectivity index (χ4n) is 1.66. The first-order valence-electron chi connectivity index (χ1n) is 3.83. The van der Waals surface area contributed by atoms with Crippen molar-refractivity contribution in [2.75, 3.05) is 11.5 Å². The molecule has 2 fully saturated rings. The number of sulfonamides is 1. The van der Waals surface area contributed by atoms with Crippen molar-refractivity contribution in [2.24, 2.45) is 0 Å². The third kappa shape index (κ3) is 1.59. The normalized spacial score (nSPS) is 38.1. The van der Waals surface area contributed by atoms with Gasteiger partial charge in [-0.25, -0.2) is 16.8 Å². The summed E-state index contributed by atoms with van der Waals surface area (Å²) in [5.74, 6) is -0.499. The van der Waals surface area contributed by atoms with Crippen LogP contribution in [0.2, 0.25) is 0 Å². The summed E-state index contributed by atoms with van der Waals surface area (Å²) in [5.41, 5.74) is 0. The Morgan fingerprint density at radius 3 is 2.50 bits per heavy atom. The maximum Gasteiger partial charge on any atom is 0.240 e. The van der Waals surface area contributed by atoms with E-state index < -0.39 is 31.2 Å². The van der Waals surface area contributed by atoms with Crippen molar-refractivity contribution in [3.05, 3.63) is 0 Å². The van der Waals surface area contributed by atoms with E-state index in [-0.39, 0.29) is 16.6 Å². The quantitative estimate of drug-likeness (QED) is 0.485. The molecule has 2 heterocycles. The molecular weight excluding hydrogens is 248 g/mol.